The summed E-state index contributed by atoms with van der Waals surface area (Å²) in [5, 5.41) is 8.73. The zero-order valence-corrected chi connectivity index (χ0v) is 21.5. The summed E-state index contributed by atoms with van der Waals surface area (Å²) in [4.78, 5) is 36.6. The highest BCUT2D eigenvalue weighted by Crippen LogP contribution is 2.43. The van der Waals surface area contributed by atoms with Gasteiger partial charge in [0.1, 0.15) is 5.82 Å². The van der Waals surface area contributed by atoms with Gasteiger partial charge in [-0.15, -0.1) is 0 Å². The first-order valence-electron chi connectivity index (χ1n) is 12.3. The number of halogens is 2. The summed E-state index contributed by atoms with van der Waals surface area (Å²) in [6, 6.07) is 19.4. The van der Waals surface area contributed by atoms with Gasteiger partial charge < -0.3 is 10.2 Å². The van der Waals surface area contributed by atoms with Crippen molar-refractivity contribution < 1.29 is 14.0 Å². The number of aromatic nitrogens is 4. The third-order valence-corrected chi connectivity index (χ3v) is 7.32. The van der Waals surface area contributed by atoms with E-state index in [2.05, 4.69) is 20.4 Å². The van der Waals surface area contributed by atoms with Crippen LogP contribution in [0.5, 0.6) is 0 Å². The van der Waals surface area contributed by atoms with Gasteiger partial charge >= 0.3 is 0 Å². The smallest absolute Gasteiger partial charge is 0.289 e. The van der Waals surface area contributed by atoms with E-state index in [0.717, 1.165) is 10.9 Å². The van der Waals surface area contributed by atoms with Crippen LogP contribution in [0.3, 0.4) is 0 Å². The molecule has 5 aromatic rings. The minimum Gasteiger partial charge on any atom is -0.343 e. The van der Waals surface area contributed by atoms with Crippen molar-refractivity contribution in [3.8, 4) is 5.69 Å². The van der Waals surface area contributed by atoms with Crippen molar-refractivity contribution >= 4 is 40.0 Å². The van der Waals surface area contributed by atoms with E-state index in [-0.39, 0.29) is 17.5 Å². The van der Waals surface area contributed by atoms with Crippen molar-refractivity contribution in [1.29, 1.82) is 0 Å². The molecule has 10 heteroatoms. The van der Waals surface area contributed by atoms with Crippen LogP contribution in [0.2, 0.25) is 5.02 Å². The number of carbonyl (C=O) groups is 2. The van der Waals surface area contributed by atoms with Gasteiger partial charge in [-0.1, -0.05) is 36.7 Å². The highest BCUT2D eigenvalue weighted by atomic mass is 35.5. The lowest BCUT2D eigenvalue weighted by molar-refractivity contribution is -0.120. The Morgan fingerprint density at radius 1 is 0.974 bits per heavy atom. The Kier molecular flexibility index (Phi) is 6.28. The highest BCUT2D eigenvalue weighted by molar-refractivity contribution is 6.31. The molecule has 1 saturated heterocycles. The fourth-order valence-corrected chi connectivity index (χ4v) is 5.32. The topological polar surface area (TPSA) is 93.0 Å². The van der Waals surface area contributed by atoms with E-state index < -0.39 is 23.9 Å². The number of nitrogens with zero attached hydrogens (tertiary/aromatic N) is 5. The molecule has 0 bridgehead atoms. The van der Waals surface area contributed by atoms with Crippen LogP contribution >= 0.6 is 11.6 Å². The molecule has 2 aromatic heterocycles. The monoisotopic (exact) mass is 540 g/mol. The summed E-state index contributed by atoms with van der Waals surface area (Å²) in [6.07, 6.45) is 4.68. The summed E-state index contributed by atoms with van der Waals surface area (Å²) in [5.41, 5.74) is 2.85. The lowest BCUT2D eigenvalue weighted by Crippen LogP contribution is -2.42. The Bertz CT molecular complexity index is 1690. The van der Waals surface area contributed by atoms with E-state index in [4.69, 9.17) is 11.6 Å². The molecule has 3 heterocycles. The van der Waals surface area contributed by atoms with Gasteiger partial charge in [0.2, 0.25) is 11.7 Å². The molecule has 6 rings (SSSR count). The van der Waals surface area contributed by atoms with Gasteiger partial charge in [0, 0.05) is 28.5 Å². The van der Waals surface area contributed by atoms with Crippen LogP contribution < -0.4 is 10.2 Å². The molecule has 0 spiro atoms. The van der Waals surface area contributed by atoms with Crippen LogP contribution in [-0.2, 0) is 4.79 Å². The molecule has 194 valence electrons. The van der Waals surface area contributed by atoms with Crippen LogP contribution in [-0.4, -0.2) is 37.6 Å². The first-order chi connectivity index (χ1) is 18.9. The fourth-order valence-electron chi connectivity index (χ4n) is 5.07. The molecule has 0 unspecified atom stereocenters. The Hall–Kier alpha value is -4.63. The molecule has 2 amide bonds. The van der Waals surface area contributed by atoms with Crippen LogP contribution in [0.25, 0.3) is 16.6 Å². The van der Waals surface area contributed by atoms with Crippen LogP contribution in [0.4, 0.5) is 10.1 Å². The number of fused-ring (bicyclic) bond motifs is 1. The summed E-state index contributed by atoms with van der Waals surface area (Å²) in [7, 11) is 0. The summed E-state index contributed by atoms with van der Waals surface area (Å²) in [5.74, 6) is -1.51. The predicted octanol–water partition coefficient (Wildman–Crippen LogP) is 5.13. The Balaban J connectivity index is 1.42. The molecular weight excluding hydrogens is 519 g/mol. The van der Waals surface area contributed by atoms with Crippen LogP contribution in [0.1, 0.15) is 29.1 Å². The SMILES string of the molecule is C[C@H]1C(=O)N(c2ccc3c(cnn3-c3ccc(F)cc3)c2)[C@H](c2ccccc2Cl)[C@H]1NC(=O)c1ncccn1. The standard InChI is InChI=1S/C29H22ClFN6O2/c1-17-25(35-28(38)27-32-13-4-14-33-27)26(22-5-2-3-6-23(22)30)36(29(17)39)21-11-12-24-18(15-21)16-34-37(24)20-9-7-19(31)8-10-20/h2-17,25-26H,1H3,(H,35,38)/t17-,25+,26-/m1/s1. The maximum absolute atomic E-state index is 13.8. The van der Waals surface area contributed by atoms with E-state index in [0.29, 0.717) is 22.0 Å². The quantitative estimate of drug-likeness (QED) is 0.333. The lowest BCUT2D eigenvalue weighted by Gasteiger charge is -2.30. The number of benzene rings is 3. The maximum atomic E-state index is 13.8. The number of hydrogen-bond acceptors (Lipinski definition) is 5. The fraction of sp³-hybridized carbons (Fsp3) is 0.138. The largest absolute Gasteiger partial charge is 0.343 e. The van der Waals surface area contributed by atoms with Gasteiger partial charge in [-0.05, 0) is 60.2 Å². The predicted molar refractivity (Wildman–Crippen MR) is 145 cm³/mol. The van der Waals surface area contributed by atoms with Crippen molar-refractivity contribution in [3.05, 3.63) is 114 Å². The minimum atomic E-state index is -0.605. The molecule has 3 aromatic carbocycles. The van der Waals surface area contributed by atoms with Crippen LogP contribution in [0.15, 0.2) is 91.4 Å². The second kappa shape index (κ2) is 9.92. The van der Waals surface area contributed by atoms with Gasteiger partial charge in [0.25, 0.3) is 5.91 Å². The van der Waals surface area contributed by atoms with E-state index in [1.807, 2.05) is 36.4 Å². The normalized spacial score (nSPS) is 19.0. The third-order valence-electron chi connectivity index (χ3n) is 6.98. The van der Waals surface area contributed by atoms with Crippen molar-refractivity contribution in [1.82, 2.24) is 25.1 Å². The van der Waals surface area contributed by atoms with E-state index in [1.165, 1.54) is 24.5 Å². The molecule has 3 atom stereocenters. The number of rotatable bonds is 5. The zero-order chi connectivity index (χ0) is 27.1. The van der Waals surface area contributed by atoms with Gasteiger partial charge in [-0.3, -0.25) is 9.59 Å². The average Bonchev–Trinajstić information content (AvgIpc) is 3.48. The van der Waals surface area contributed by atoms with Crippen molar-refractivity contribution in [3.63, 3.8) is 0 Å². The second-order valence-corrected chi connectivity index (χ2v) is 9.72. The molecule has 1 aliphatic rings. The molecular formula is C29H22ClFN6O2. The van der Waals surface area contributed by atoms with Gasteiger partial charge in [0.15, 0.2) is 0 Å². The van der Waals surface area contributed by atoms with E-state index >= 15 is 0 Å². The highest BCUT2D eigenvalue weighted by Gasteiger charge is 2.48. The van der Waals surface area contributed by atoms with Gasteiger partial charge in [-0.25, -0.2) is 19.0 Å². The van der Waals surface area contributed by atoms with Gasteiger partial charge in [0.05, 0.1) is 35.4 Å². The van der Waals surface area contributed by atoms with Crippen LogP contribution in [0, 0.1) is 11.7 Å². The number of nitrogens with one attached hydrogen (secondary N) is 1. The van der Waals surface area contributed by atoms with Crippen molar-refractivity contribution in [2.75, 3.05) is 4.90 Å². The maximum Gasteiger partial charge on any atom is 0.289 e. The minimum absolute atomic E-state index is 0.0168. The molecule has 0 saturated carbocycles. The lowest BCUT2D eigenvalue weighted by atomic mass is 9.94. The average molecular weight is 541 g/mol. The first kappa shape index (κ1) is 24.7. The summed E-state index contributed by atoms with van der Waals surface area (Å²) >= 11 is 6.63. The number of carbonyl (C=O) groups excluding carboxylic acids is 2. The molecule has 1 N–H and O–H groups in total. The van der Waals surface area contributed by atoms with E-state index in [1.54, 1.807) is 47.0 Å². The molecule has 39 heavy (non-hydrogen) atoms. The molecule has 0 radical (unpaired) electrons. The van der Waals surface area contributed by atoms with E-state index in [9.17, 15) is 14.0 Å². The molecule has 1 fully saturated rings. The second-order valence-electron chi connectivity index (χ2n) is 9.31. The number of amides is 2. The Morgan fingerprint density at radius 2 is 1.69 bits per heavy atom. The number of anilines is 1. The summed E-state index contributed by atoms with van der Waals surface area (Å²) in [6.45, 7) is 1.79. The number of hydrogen-bond donors (Lipinski definition) is 1. The third kappa shape index (κ3) is 4.40. The van der Waals surface area contributed by atoms with Crippen molar-refractivity contribution in [2.45, 2.75) is 19.0 Å². The zero-order valence-electron chi connectivity index (χ0n) is 20.7. The summed E-state index contributed by atoms with van der Waals surface area (Å²) < 4.78 is 15.1. The molecule has 0 aliphatic carbocycles. The van der Waals surface area contributed by atoms with Crippen molar-refractivity contribution in [2.24, 2.45) is 5.92 Å². The molecule has 1 aliphatic heterocycles. The Labute approximate surface area is 228 Å². The van der Waals surface area contributed by atoms with Gasteiger partial charge in [-0.2, -0.15) is 5.10 Å². The first-order valence-corrected chi connectivity index (χ1v) is 12.7. The molecule has 8 nitrogen and oxygen atoms in total. The Morgan fingerprint density at radius 3 is 2.44 bits per heavy atom.